The standard InChI is InChI=1S/C15H15N5/c1-2-19-12-13(11-18-19)10-16-14-4-6-15(7-5-14)20-9-3-8-17-20/h2-9,11-12,16H,1,10H2. The Balaban J connectivity index is 1.65. The van der Waals surface area contributed by atoms with Crippen molar-refractivity contribution in [3.05, 3.63) is 67.3 Å². The Bertz CT molecular complexity index is 679. The topological polar surface area (TPSA) is 47.7 Å². The number of nitrogens with zero attached hydrogens (tertiary/aromatic N) is 4. The predicted molar refractivity (Wildman–Crippen MR) is 79.5 cm³/mol. The molecule has 1 N–H and O–H groups in total. The van der Waals surface area contributed by atoms with E-state index >= 15 is 0 Å². The number of hydrogen-bond acceptors (Lipinski definition) is 3. The molecule has 20 heavy (non-hydrogen) atoms. The molecule has 0 spiro atoms. The zero-order chi connectivity index (χ0) is 13.8. The van der Waals surface area contributed by atoms with Gasteiger partial charge >= 0.3 is 0 Å². The van der Waals surface area contributed by atoms with Crippen LogP contribution in [0.4, 0.5) is 5.69 Å². The van der Waals surface area contributed by atoms with Gasteiger partial charge in [0.1, 0.15) is 0 Å². The van der Waals surface area contributed by atoms with Crippen LogP contribution < -0.4 is 5.32 Å². The molecular weight excluding hydrogens is 250 g/mol. The van der Waals surface area contributed by atoms with Gasteiger partial charge in [0.05, 0.1) is 11.9 Å². The Morgan fingerprint density at radius 2 is 2.05 bits per heavy atom. The van der Waals surface area contributed by atoms with Crippen molar-refractivity contribution in [3.8, 4) is 5.69 Å². The Labute approximate surface area is 117 Å². The van der Waals surface area contributed by atoms with Crippen LogP contribution in [0, 0.1) is 0 Å². The van der Waals surface area contributed by atoms with E-state index in [0.717, 1.165) is 23.5 Å². The van der Waals surface area contributed by atoms with Crippen LogP contribution in [-0.4, -0.2) is 19.6 Å². The van der Waals surface area contributed by atoms with Crippen molar-refractivity contribution < 1.29 is 0 Å². The van der Waals surface area contributed by atoms with Crippen LogP contribution in [-0.2, 0) is 6.54 Å². The number of hydrogen-bond donors (Lipinski definition) is 1. The van der Waals surface area contributed by atoms with Gasteiger partial charge in [0, 0.05) is 42.6 Å². The molecule has 0 fully saturated rings. The number of rotatable bonds is 5. The minimum Gasteiger partial charge on any atom is -0.381 e. The fraction of sp³-hybridized carbons (Fsp3) is 0.0667. The zero-order valence-corrected chi connectivity index (χ0v) is 11.0. The summed E-state index contributed by atoms with van der Waals surface area (Å²) in [5, 5.41) is 11.7. The molecule has 0 saturated carbocycles. The molecule has 2 heterocycles. The first-order valence-corrected chi connectivity index (χ1v) is 6.35. The maximum absolute atomic E-state index is 4.20. The third kappa shape index (κ3) is 2.61. The normalized spacial score (nSPS) is 10.4. The molecule has 0 saturated heterocycles. The molecule has 3 aromatic rings. The van der Waals surface area contributed by atoms with Gasteiger partial charge < -0.3 is 5.32 Å². The molecule has 0 unspecified atom stereocenters. The van der Waals surface area contributed by atoms with Crippen molar-refractivity contribution in [2.45, 2.75) is 6.54 Å². The first-order chi connectivity index (χ1) is 9.85. The first-order valence-electron chi connectivity index (χ1n) is 6.35. The fourth-order valence-electron chi connectivity index (χ4n) is 1.93. The van der Waals surface area contributed by atoms with Crippen LogP contribution in [0.25, 0.3) is 11.9 Å². The molecule has 100 valence electrons. The van der Waals surface area contributed by atoms with Crippen molar-refractivity contribution in [2.24, 2.45) is 0 Å². The average molecular weight is 265 g/mol. The second-order valence-electron chi connectivity index (χ2n) is 4.36. The first kappa shape index (κ1) is 12.2. The van der Waals surface area contributed by atoms with Crippen LogP contribution in [0.2, 0.25) is 0 Å². The summed E-state index contributed by atoms with van der Waals surface area (Å²) < 4.78 is 3.52. The van der Waals surface area contributed by atoms with E-state index in [0.29, 0.717) is 0 Å². The minimum atomic E-state index is 0.731. The Morgan fingerprint density at radius 3 is 2.70 bits per heavy atom. The van der Waals surface area contributed by atoms with Gasteiger partial charge in [-0.2, -0.15) is 10.2 Å². The molecule has 3 rings (SSSR count). The molecule has 0 amide bonds. The zero-order valence-electron chi connectivity index (χ0n) is 11.0. The number of benzene rings is 1. The molecule has 0 aliphatic rings. The van der Waals surface area contributed by atoms with E-state index in [4.69, 9.17) is 0 Å². The Kier molecular flexibility index (Phi) is 3.33. The van der Waals surface area contributed by atoms with Gasteiger partial charge in [-0.25, -0.2) is 9.36 Å². The molecule has 1 aromatic carbocycles. The van der Waals surface area contributed by atoms with E-state index in [1.54, 1.807) is 17.1 Å². The van der Waals surface area contributed by atoms with Crippen LogP contribution in [0.3, 0.4) is 0 Å². The number of aromatic nitrogens is 4. The summed E-state index contributed by atoms with van der Waals surface area (Å²) in [6.07, 6.45) is 9.13. The van der Waals surface area contributed by atoms with Crippen LogP contribution >= 0.6 is 0 Å². The van der Waals surface area contributed by atoms with Gasteiger partial charge in [0.2, 0.25) is 0 Å². The second kappa shape index (κ2) is 5.44. The van der Waals surface area contributed by atoms with Crippen LogP contribution in [0.15, 0.2) is 61.7 Å². The summed E-state index contributed by atoms with van der Waals surface area (Å²) in [6, 6.07) is 10.0. The highest BCUT2D eigenvalue weighted by molar-refractivity contribution is 5.48. The molecule has 0 bridgehead atoms. The van der Waals surface area contributed by atoms with E-state index in [-0.39, 0.29) is 0 Å². The van der Waals surface area contributed by atoms with Crippen LogP contribution in [0.5, 0.6) is 0 Å². The summed E-state index contributed by atoms with van der Waals surface area (Å²) in [6.45, 7) is 4.40. The predicted octanol–water partition coefficient (Wildman–Crippen LogP) is 2.78. The lowest BCUT2D eigenvalue weighted by Gasteiger charge is -2.06. The van der Waals surface area contributed by atoms with Gasteiger partial charge in [0.25, 0.3) is 0 Å². The molecule has 0 aliphatic carbocycles. The monoisotopic (exact) mass is 265 g/mol. The van der Waals surface area contributed by atoms with E-state index in [1.807, 2.05) is 53.6 Å². The summed E-state index contributed by atoms with van der Waals surface area (Å²) >= 11 is 0. The van der Waals surface area contributed by atoms with Crippen molar-refractivity contribution >= 4 is 11.9 Å². The molecule has 0 radical (unpaired) electrons. The minimum absolute atomic E-state index is 0.731. The van der Waals surface area contributed by atoms with Gasteiger partial charge in [-0.3, -0.25) is 0 Å². The van der Waals surface area contributed by atoms with Crippen molar-refractivity contribution in [1.82, 2.24) is 19.6 Å². The maximum Gasteiger partial charge on any atom is 0.0647 e. The summed E-state index contributed by atoms with van der Waals surface area (Å²) in [5.41, 5.74) is 3.22. The van der Waals surface area contributed by atoms with E-state index in [9.17, 15) is 0 Å². The molecule has 0 atom stereocenters. The lowest BCUT2D eigenvalue weighted by molar-refractivity contribution is 0.880. The van der Waals surface area contributed by atoms with Crippen molar-refractivity contribution in [3.63, 3.8) is 0 Å². The van der Waals surface area contributed by atoms with Crippen LogP contribution in [0.1, 0.15) is 5.56 Å². The lowest BCUT2D eigenvalue weighted by Crippen LogP contribution is -1.99. The highest BCUT2D eigenvalue weighted by atomic mass is 15.3. The molecular formula is C15H15N5. The van der Waals surface area contributed by atoms with Gasteiger partial charge in [-0.1, -0.05) is 6.58 Å². The fourth-order valence-corrected chi connectivity index (χ4v) is 1.93. The second-order valence-corrected chi connectivity index (χ2v) is 4.36. The summed E-state index contributed by atoms with van der Waals surface area (Å²) in [5.74, 6) is 0. The quantitative estimate of drug-likeness (QED) is 0.771. The average Bonchev–Trinajstić information content (AvgIpc) is 3.17. The number of nitrogens with one attached hydrogen (secondary N) is 1. The lowest BCUT2D eigenvalue weighted by atomic mass is 10.2. The largest absolute Gasteiger partial charge is 0.381 e. The molecule has 2 aromatic heterocycles. The Morgan fingerprint density at radius 1 is 1.20 bits per heavy atom. The third-order valence-corrected chi connectivity index (χ3v) is 2.97. The summed E-state index contributed by atoms with van der Waals surface area (Å²) in [7, 11) is 0. The smallest absolute Gasteiger partial charge is 0.0647 e. The van der Waals surface area contributed by atoms with Gasteiger partial charge in [-0.15, -0.1) is 0 Å². The van der Waals surface area contributed by atoms with E-state index < -0.39 is 0 Å². The third-order valence-electron chi connectivity index (χ3n) is 2.97. The highest BCUT2D eigenvalue weighted by Gasteiger charge is 1.99. The SMILES string of the molecule is C=Cn1cc(CNc2ccc(-n3cccn3)cc2)cn1. The summed E-state index contributed by atoms with van der Waals surface area (Å²) in [4.78, 5) is 0. The van der Waals surface area contributed by atoms with Crippen molar-refractivity contribution in [2.75, 3.05) is 5.32 Å². The van der Waals surface area contributed by atoms with Crippen molar-refractivity contribution in [1.29, 1.82) is 0 Å². The van der Waals surface area contributed by atoms with Gasteiger partial charge in [0.15, 0.2) is 0 Å². The highest BCUT2D eigenvalue weighted by Crippen LogP contribution is 2.13. The molecule has 5 nitrogen and oxygen atoms in total. The maximum atomic E-state index is 4.20. The number of anilines is 1. The van der Waals surface area contributed by atoms with E-state index in [1.165, 1.54) is 0 Å². The van der Waals surface area contributed by atoms with E-state index in [2.05, 4.69) is 22.1 Å². The Hall–Kier alpha value is -2.82. The van der Waals surface area contributed by atoms with Gasteiger partial charge in [-0.05, 0) is 30.3 Å². The molecule has 5 heteroatoms. The molecule has 0 aliphatic heterocycles.